The Morgan fingerprint density at radius 2 is 1.74 bits per heavy atom. The molecule has 1 N–H and O–H groups in total. The van der Waals surface area contributed by atoms with Gasteiger partial charge in [0.15, 0.2) is 4.96 Å². The van der Waals surface area contributed by atoms with E-state index >= 15 is 0 Å². The first-order valence-corrected chi connectivity index (χ1v) is 12.8. The van der Waals surface area contributed by atoms with Crippen LogP contribution >= 0.6 is 11.3 Å². The second-order valence-corrected chi connectivity index (χ2v) is 10.7. The standard InChI is InChI=1S/C29H30N4OS/c1-29(2,3)31-27(34)32(18-21-9-5-4-6-10-21)16-15-25-20-35-28-30-26(19-33(25)28)24-14-13-22-11-7-8-12-23(22)17-24/h4-14,17,19-20H,15-16,18H2,1-3H3,(H,31,34). The van der Waals surface area contributed by atoms with Crippen molar-refractivity contribution in [1.29, 1.82) is 0 Å². The van der Waals surface area contributed by atoms with E-state index in [1.165, 1.54) is 10.8 Å². The fourth-order valence-electron chi connectivity index (χ4n) is 4.20. The highest BCUT2D eigenvalue weighted by Crippen LogP contribution is 2.27. The molecule has 5 nitrogen and oxygen atoms in total. The number of nitrogens with zero attached hydrogens (tertiary/aromatic N) is 3. The zero-order valence-electron chi connectivity index (χ0n) is 20.4. The largest absolute Gasteiger partial charge is 0.333 e. The first-order chi connectivity index (χ1) is 16.9. The van der Waals surface area contributed by atoms with E-state index in [0.717, 1.165) is 33.9 Å². The summed E-state index contributed by atoms with van der Waals surface area (Å²) in [6.45, 7) is 7.21. The monoisotopic (exact) mass is 482 g/mol. The third-order valence-corrected chi connectivity index (χ3v) is 6.84. The minimum absolute atomic E-state index is 0.0460. The Morgan fingerprint density at radius 1 is 1.00 bits per heavy atom. The molecule has 0 atom stereocenters. The van der Waals surface area contributed by atoms with Crippen molar-refractivity contribution in [3.8, 4) is 11.3 Å². The van der Waals surface area contributed by atoms with Crippen LogP contribution in [0.4, 0.5) is 4.79 Å². The number of hydrogen-bond donors (Lipinski definition) is 1. The molecule has 0 fully saturated rings. The highest BCUT2D eigenvalue weighted by molar-refractivity contribution is 7.15. The Balaban J connectivity index is 1.37. The van der Waals surface area contributed by atoms with Gasteiger partial charge in [-0.25, -0.2) is 9.78 Å². The molecular weight excluding hydrogens is 452 g/mol. The van der Waals surface area contributed by atoms with Crippen molar-refractivity contribution < 1.29 is 4.79 Å². The molecule has 0 aliphatic carbocycles. The summed E-state index contributed by atoms with van der Waals surface area (Å²) in [5.41, 5.74) is 4.07. The Hall–Kier alpha value is -3.64. The lowest BCUT2D eigenvalue weighted by Gasteiger charge is -2.28. The van der Waals surface area contributed by atoms with Crippen molar-refractivity contribution in [1.82, 2.24) is 19.6 Å². The average molecular weight is 483 g/mol. The Bertz CT molecular complexity index is 1460. The lowest BCUT2D eigenvalue weighted by atomic mass is 10.1. The zero-order chi connectivity index (χ0) is 24.4. The van der Waals surface area contributed by atoms with E-state index in [1.807, 2.05) is 43.9 Å². The van der Waals surface area contributed by atoms with Crippen LogP contribution in [0.25, 0.3) is 27.0 Å². The summed E-state index contributed by atoms with van der Waals surface area (Å²) in [6.07, 6.45) is 2.86. The van der Waals surface area contributed by atoms with E-state index in [9.17, 15) is 4.79 Å². The van der Waals surface area contributed by atoms with Crippen molar-refractivity contribution in [3.05, 3.63) is 95.6 Å². The van der Waals surface area contributed by atoms with Gasteiger partial charge in [-0.15, -0.1) is 11.3 Å². The van der Waals surface area contributed by atoms with E-state index < -0.39 is 0 Å². The highest BCUT2D eigenvalue weighted by Gasteiger charge is 2.20. The molecule has 2 heterocycles. The van der Waals surface area contributed by atoms with Gasteiger partial charge >= 0.3 is 6.03 Å². The van der Waals surface area contributed by atoms with Gasteiger partial charge in [0, 0.05) is 47.9 Å². The van der Waals surface area contributed by atoms with Crippen molar-refractivity contribution in [2.45, 2.75) is 39.3 Å². The molecule has 5 rings (SSSR count). The normalized spacial score (nSPS) is 11.7. The number of hydrogen-bond acceptors (Lipinski definition) is 3. The maximum atomic E-state index is 13.1. The molecule has 3 aromatic carbocycles. The van der Waals surface area contributed by atoms with Crippen molar-refractivity contribution >= 4 is 33.1 Å². The number of carbonyl (C=O) groups excluding carboxylic acids is 1. The van der Waals surface area contributed by atoms with Crippen LogP contribution in [0, 0.1) is 0 Å². The highest BCUT2D eigenvalue weighted by atomic mass is 32.1. The number of imidazole rings is 1. The molecule has 0 saturated carbocycles. The third kappa shape index (κ3) is 5.38. The van der Waals surface area contributed by atoms with Gasteiger partial charge in [-0.3, -0.25) is 4.40 Å². The van der Waals surface area contributed by atoms with Crippen LogP contribution in [0.1, 0.15) is 32.0 Å². The van der Waals surface area contributed by atoms with E-state index in [4.69, 9.17) is 4.98 Å². The maximum absolute atomic E-state index is 13.1. The number of urea groups is 1. The molecule has 0 unspecified atom stereocenters. The van der Waals surface area contributed by atoms with Crippen LogP contribution in [0.15, 0.2) is 84.4 Å². The topological polar surface area (TPSA) is 49.6 Å². The number of thiazole rings is 1. The molecule has 0 aliphatic rings. The lowest BCUT2D eigenvalue weighted by Crippen LogP contribution is -2.48. The quantitative estimate of drug-likeness (QED) is 0.290. The minimum atomic E-state index is -0.291. The van der Waals surface area contributed by atoms with Crippen LogP contribution in [-0.4, -0.2) is 32.4 Å². The minimum Gasteiger partial charge on any atom is -0.333 e. The summed E-state index contributed by atoms with van der Waals surface area (Å²) in [5.74, 6) is 0. The molecule has 0 aliphatic heterocycles. The third-order valence-electron chi connectivity index (χ3n) is 5.95. The van der Waals surface area contributed by atoms with E-state index in [0.29, 0.717) is 13.1 Å². The number of nitrogens with one attached hydrogen (secondary N) is 1. The molecular formula is C29H30N4OS. The molecule has 0 bridgehead atoms. The number of amides is 2. The smallest absolute Gasteiger partial charge is 0.318 e. The Labute approximate surface area is 210 Å². The first-order valence-electron chi connectivity index (χ1n) is 11.9. The summed E-state index contributed by atoms with van der Waals surface area (Å²) in [5, 5.41) is 7.70. The first kappa shape index (κ1) is 23.1. The average Bonchev–Trinajstić information content (AvgIpc) is 3.42. The fourth-order valence-corrected chi connectivity index (χ4v) is 5.11. The second kappa shape index (κ2) is 9.55. The summed E-state index contributed by atoms with van der Waals surface area (Å²) in [6, 6.07) is 24.9. The molecule has 6 heteroatoms. The lowest BCUT2D eigenvalue weighted by molar-refractivity contribution is 0.186. The van der Waals surface area contributed by atoms with Crippen LogP contribution in [0.5, 0.6) is 0 Å². The van der Waals surface area contributed by atoms with Gasteiger partial charge in [0.1, 0.15) is 0 Å². The SMILES string of the molecule is CC(C)(C)NC(=O)N(CCc1csc2nc(-c3ccc4ccccc4c3)cn12)Cc1ccccc1. The molecule has 2 aromatic heterocycles. The summed E-state index contributed by atoms with van der Waals surface area (Å²) >= 11 is 1.64. The van der Waals surface area contributed by atoms with Crippen molar-refractivity contribution in [3.63, 3.8) is 0 Å². The fraction of sp³-hybridized carbons (Fsp3) is 0.241. The molecule has 178 valence electrons. The number of fused-ring (bicyclic) bond motifs is 2. The molecule has 5 aromatic rings. The van der Waals surface area contributed by atoms with Crippen molar-refractivity contribution in [2.75, 3.05) is 6.54 Å². The van der Waals surface area contributed by atoms with Gasteiger partial charge in [-0.05, 0) is 43.2 Å². The molecule has 35 heavy (non-hydrogen) atoms. The van der Waals surface area contributed by atoms with E-state index in [-0.39, 0.29) is 11.6 Å². The number of aromatic nitrogens is 2. The molecule has 2 amide bonds. The summed E-state index contributed by atoms with van der Waals surface area (Å²) < 4.78 is 2.16. The Morgan fingerprint density at radius 3 is 2.51 bits per heavy atom. The van der Waals surface area contributed by atoms with Crippen LogP contribution in [0.2, 0.25) is 0 Å². The van der Waals surface area contributed by atoms with Gasteiger partial charge < -0.3 is 10.2 Å². The zero-order valence-corrected chi connectivity index (χ0v) is 21.2. The van der Waals surface area contributed by atoms with Crippen LogP contribution in [0.3, 0.4) is 0 Å². The van der Waals surface area contributed by atoms with Crippen LogP contribution < -0.4 is 5.32 Å². The maximum Gasteiger partial charge on any atom is 0.318 e. The second-order valence-electron chi connectivity index (χ2n) is 9.90. The number of carbonyl (C=O) groups is 1. The molecule has 0 radical (unpaired) electrons. The summed E-state index contributed by atoms with van der Waals surface area (Å²) in [7, 11) is 0. The Kier molecular flexibility index (Phi) is 6.31. The molecule has 0 spiro atoms. The summed E-state index contributed by atoms with van der Waals surface area (Å²) in [4.78, 5) is 20.8. The molecule has 0 saturated heterocycles. The van der Waals surface area contributed by atoms with Gasteiger partial charge in [0.05, 0.1) is 5.69 Å². The van der Waals surface area contributed by atoms with Gasteiger partial charge in [0.2, 0.25) is 0 Å². The van der Waals surface area contributed by atoms with Crippen LogP contribution in [-0.2, 0) is 13.0 Å². The van der Waals surface area contributed by atoms with Gasteiger partial charge in [-0.2, -0.15) is 0 Å². The number of rotatable bonds is 6. The predicted octanol–water partition coefficient (Wildman–Crippen LogP) is 6.77. The van der Waals surface area contributed by atoms with Gasteiger partial charge in [-0.1, -0.05) is 66.7 Å². The predicted molar refractivity (Wildman–Crippen MR) is 145 cm³/mol. The van der Waals surface area contributed by atoms with Gasteiger partial charge in [0.25, 0.3) is 0 Å². The van der Waals surface area contributed by atoms with E-state index in [1.54, 1.807) is 11.3 Å². The number of benzene rings is 3. The van der Waals surface area contributed by atoms with E-state index in [2.05, 4.69) is 75.9 Å². The van der Waals surface area contributed by atoms with Crippen molar-refractivity contribution in [2.24, 2.45) is 0 Å².